The molecule has 0 radical (unpaired) electrons. The molecule has 3 rings (SSSR count). The number of ether oxygens (including phenoxy) is 1. The van der Waals surface area contributed by atoms with Crippen LogP contribution >= 0.6 is 0 Å². The van der Waals surface area contributed by atoms with Crippen molar-refractivity contribution >= 4 is 5.78 Å². The summed E-state index contributed by atoms with van der Waals surface area (Å²) in [6.07, 6.45) is 0.491. The van der Waals surface area contributed by atoms with Crippen LogP contribution in [0.3, 0.4) is 0 Å². The topological polar surface area (TPSA) is 29.5 Å². The summed E-state index contributed by atoms with van der Waals surface area (Å²) in [6, 6.07) is 20.2. The predicted octanol–water partition coefficient (Wildman–Crippen LogP) is 2.91. The highest BCUT2D eigenvalue weighted by atomic mass is 16.5. The molecular weight excluding hydrogens is 286 g/mol. The van der Waals surface area contributed by atoms with Gasteiger partial charge in [-0.25, -0.2) is 0 Å². The fourth-order valence-corrected chi connectivity index (χ4v) is 3.04. The molecule has 1 atom stereocenters. The molecule has 0 saturated carbocycles. The maximum atomic E-state index is 12.9. The molecule has 1 aliphatic heterocycles. The number of carbonyl (C=O) groups is 1. The second kappa shape index (κ2) is 8.04. The van der Waals surface area contributed by atoms with Crippen LogP contribution in [0.4, 0.5) is 0 Å². The molecule has 0 aromatic heterocycles. The predicted molar refractivity (Wildman–Crippen MR) is 91.6 cm³/mol. The molecule has 3 nitrogen and oxygen atoms in total. The van der Waals surface area contributed by atoms with E-state index in [1.807, 2.05) is 48.5 Å². The third-order valence-electron chi connectivity index (χ3n) is 4.36. The Kier molecular flexibility index (Phi) is 5.56. The van der Waals surface area contributed by atoms with Crippen LogP contribution in [-0.4, -0.2) is 43.5 Å². The zero-order valence-electron chi connectivity index (χ0n) is 13.4. The number of morpholine rings is 1. The van der Waals surface area contributed by atoms with Crippen molar-refractivity contribution in [2.45, 2.75) is 12.3 Å². The number of rotatable bonds is 6. The normalized spacial score (nSPS) is 16.9. The van der Waals surface area contributed by atoms with Crippen LogP contribution in [0.25, 0.3) is 0 Å². The van der Waals surface area contributed by atoms with E-state index in [9.17, 15) is 4.79 Å². The van der Waals surface area contributed by atoms with E-state index >= 15 is 0 Å². The van der Waals surface area contributed by atoms with Gasteiger partial charge >= 0.3 is 0 Å². The molecule has 1 aliphatic rings. The number of hydrogen-bond acceptors (Lipinski definition) is 3. The third kappa shape index (κ3) is 4.50. The lowest BCUT2D eigenvalue weighted by atomic mass is 9.90. The van der Waals surface area contributed by atoms with Gasteiger partial charge in [-0.05, 0) is 11.1 Å². The van der Waals surface area contributed by atoms with E-state index in [4.69, 9.17) is 4.74 Å². The fraction of sp³-hybridized carbons (Fsp3) is 0.350. The van der Waals surface area contributed by atoms with Crippen LogP contribution in [0.1, 0.15) is 17.0 Å². The molecule has 0 spiro atoms. The Balaban J connectivity index is 1.75. The molecular formula is C20H23NO2. The molecule has 2 aromatic carbocycles. The third-order valence-corrected chi connectivity index (χ3v) is 4.36. The molecule has 3 heteroatoms. The first-order chi connectivity index (χ1) is 11.3. The van der Waals surface area contributed by atoms with Crippen molar-refractivity contribution in [3.05, 3.63) is 71.8 Å². The lowest BCUT2D eigenvalue weighted by Gasteiger charge is -2.30. The maximum absolute atomic E-state index is 12.9. The summed E-state index contributed by atoms with van der Waals surface area (Å²) < 4.78 is 5.42. The molecule has 120 valence electrons. The van der Waals surface area contributed by atoms with E-state index in [1.165, 1.54) is 0 Å². The fourth-order valence-electron chi connectivity index (χ4n) is 3.04. The number of nitrogens with zero attached hydrogens (tertiary/aromatic N) is 1. The highest BCUT2D eigenvalue weighted by Gasteiger charge is 2.24. The lowest BCUT2D eigenvalue weighted by Crippen LogP contribution is -2.40. The smallest absolute Gasteiger partial charge is 0.145 e. The monoisotopic (exact) mass is 309 g/mol. The zero-order chi connectivity index (χ0) is 15.9. The molecule has 0 amide bonds. The lowest BCUT2D eigenvalue weighted by molar-refractivity contribution is -0.120. The molecule has 1 saturated heterocycles. The van der Waals surface area contributed by atoms with Crippen molar-refractivity contribution in [1.29, 1.82) is 0 Å². The van der Waals surface area contributed by atoms with Crippen LogP contribution in [-0.2, 0) is 16.0 Å². The van der Waals surface area contributed by atoms with Gasteiger partial charge in [0.25, 0.3) is 0 Å². The Morgan fingerprint density at radius 1 is 0.957 bits per heavy atom. The Bertz CT molecular complexity index is 606. The van der Waals surface area contributed by atoms with Crippen molar-refractivity contribution in [3.63, 3.8) is 0 Å². The minimum atomic E-state index is -0.0745. The quantitative estimate of drug-likeness (QED) is 0.822. The molecule has 23 heavy (non-hydrogen) atoms. The van der Waals surface area contributed by atoms with Gasteiger partial charge in [0.2, 0.25) is 0 Å². The minimum absolute atomic E-state index is 0.0745. The highest BCUT2D eigenvalue weighted by Crippen LogP contribution is 2.21. The summed E-state index contributed by atoms with van der Waals surface area (Å²) in [5.74, 6) is 0.211. The van der Waals surface area contributed by atoms with Crippen molar-refractivity contribution in [3.8, 4) is 0 Å². The first-order valence-electron chi connectivity index (χ1n) is 8.24. The van der Waals surface area contributed by atoms with E-state index in [2.05, 4.69) is 17.0 Å². The minimum Gasteiger partial charge on any atom is -0.379 e. The largest absolute Gasteiger partial charge is 0.379 e. The number of carbonyl (C=O) groups excluding carboxylic acids is 1. The molecule has 0 bridgehead atoms. The van der Waals surface area contributed by atoms with Crippen LogP contribution in [0, 0.1) is 0 Å². The summed E-state index contributed by atoms with van der Waals surface area (Å²) in [7, 11) is 0. The van der Waals surface area contributed by atoms with Gasteiger partial charge in [-0.15, -0.1) is 0 Å². The second-order valence-electron chi connectivity index (χ2n) is 6.00. The van der Waals surface area contributed by atoms with Crippen molar-refractivity contribution < 1.29 is 9.53 Å². The number of benzene rings is 2. The van der Waals surface area contributed by atoms with Gasteiger partial charge < -0.3 is 4.74 Å². The summed E-state index contributed by atoms with van der Waals surface area (Å²) in [5.41, 5.74) is 2.19. The second-order valence-corrected chi connectivity index (χ2v) is 6.00. The van der Waals surface area contributed by atoms with Gasteiger partial charge in [-0.3, -0.25) is 9.69 Å². The average molecular weight is 309 g/mol. The molecule has 2 aromatic rings. The van der Waals surface area contributed by atoms with Crippen molar-refractivity contribution in [1.82, 2.24) is 4.90 Å². The van der Waals surface area contributed by atoms with Crippen molar-refractivity contribution in [2.75, 3.05) is 32.8 Å². The molecule has 0 N–H and O–H groups in total. The Hall–Kier alpha value is -1.97. The first kappa shape index (κ1) is 15.9. The SMILES string of the molecule is O=C(Cc1ccccc1)C(CN1CCOCC1)c1ccccc1. The van der Waals surface area contributed by atoms with Crippen LogP contribution in [0.2, 0.25) is 0 Å². The summed E-state index contributed by atoms with van der Waals surface area (Å²) in [4.78, 5) is 15.3. The van der Waals surface area contributed by atoms with Gasteiger partial charge in [-0.1, -0.05) is 60.7 Å². The summed E-state index contributed by atoms with van der Waals surface area (Å²) in [6.45, 7) is 4.10. The highest BCUT2D eigenvalue weighted by molar-refractivity contribution is 5.87. The summed E-state index contributed by atoms with van der Waals surface area (Å²) in [5, 5.41) is 0. The standard InChI is InChI=1S/C20H23NO2/c22-20(15-17-7-3-1-4-8-17)19(18-9-5-2-6-10-18)16-21-11-13-23-14-12-21/h1-10,19H,11-16H2. The van der Waals surface area contributed by atoms with Gasteiger partial charge in [0, 0.05) is 26.1 Å². The van der Waals surface area contributed by atoms with E-state index in [1.54, 1.807) is 0 Å². The Morgan fingerprint density at radius 2 is 1.57 bits per heavy atom. The van der Waals surface area contributed by atoms with Gasteiger partial charge in [0.1, 0.15) is 5.78 Å². The maximum Gasteiger partial charge on any atom is 0.145 e. The van der Waals surface area contributed by atoms with Gasteiger partial charge in [0.05, 0.1) is 19.1 Å². The van der Waals surface area contributed by atoms with Crippen LogP contribution < -0.4 is 0 Å². The number of ketones is 1. The molecule has 0 aliphatic carbocycles. The number of hydrogen-bond donors (Lipinski definition) is 0. The Labute approximate surface area is 137 Å². The molecule has 1 fully saturated rings. The van der Waals surface area contributed by atoms with E-state index in [0.717, 1.165) is 44.0 Å². The molecule has 1 unspecified atom stereocenters. The van der Waals surface area contributed by atoms with Crippen LogP contribution in [0.5, 0.6) is 0 Å². The van der Waals surface area contributed by atoms with E-state index in [-0.39, 0.29) is 11.7 Å². The van der Waals surface area contributed by atoms with Crippen molar-refractivity contribution in [2.24, 2.45) is 0 Å². The zero-order valence-corrected chi connectivity index (χ0v) is 13.4. The first-order valence-corrected chi connectivity index (χ1v) is 8.24. The van der Waals surface area contributed by atoms with E-state index < -0.39 is 0 Å². The van der Waals surface area contributed by atoms with E-state index in [0.29, 0.717) is 6.42 Å². The van der Waals surface area contributed by atoms with Crippen LogP contribution in [0.15, 0.2) is 60.7 Å². The average Bonchev–Trinajstić information content (AvgIpc) is 2.62. The van der Waals surface area contributed by atoms with Gasteiger partial charge in [0.15, 0.2) is 0 Å². The number of Topliss-reactive ketones (excluding diaryl/α,β-unsaturated/α-hetero) is 1. The molecule has 1 heterocycles. The summed E-state index contributed by atoms with van der Waals surface area (Å²) >= 11 is 0. The Morgan fingerprint density at radius 3 is 2.22 bits per heavy atom. The van der Waals surface area contributed by atoms with Gasteiger partial charge in [-0.2, -0.15) is 0 Å².